The van der Waals surface area contributed by atoms with Crippen LogP contribution in [-0.2, 0) is 19.4 Å². The van der Waals surface area contributed by atoms with Gasteiger partial charge in [0, 0.05) is 38.3 Å². The molecule has 1 fully saturated rings. The average molecular weight is 246 g/mol. The predicted octanol–water partition coefficient (Wildman–Crippen LogP) is 1.59. The molecule has 1 saturated heterocycles. The van der Waals surface area contributed by atoms with Crippen LogP contribution in [0, 0.1) is 0 Å². The molecule has 98 valence electrons. The molecule has 1 aliphatic heterocycles. The molecule has 0 aromatic heterocycles. The minimum atomic E-state index is 1.03. The van der Waals surface area contributed by atoms with Crippen molar-refractivity contribution < 1.29 is 4.74 Å². The molecule has 1 N–H and O–H groups in total. The van der Waals surface area contributed by atoms with E-state index in [2.05, 4.69) is 22.3 Å². The minimum absolute atomic E-state index is 1.03. The number of rotatable bonds is 3. The Morgan fingerprint density at radius 2 is 2.06 bits per heavy atom. The molecule has 3 heteroatoms. The van der Waals surface area contributed by atoms with Crippen molar-refractivity contribution in [1.82, 2.24) is 10.2 Å². The van der Waals surface area contributed by atoms with Crippen molar-refractivity contribution in [2.24, 2.45) is 0 Å². The molecular formula is C15H22N2O. The highest BCUT2D eigenvalue weighted by Crippen LogP contribution is 2.34. The molecule has 0 spiro atoms. The Morgan fingerprint density at radius 1 is 1.22 bits per heavy atom. The van der Waals surface area contributed by atoms with E-state index in [1.165, 1.54) is 36.0 Å². The van der Waals surface area contributed by atoms with E-state index in [1.807, 2.05) is 7.11 Å². The fourth-order valence-corrected chi connectivity index (χ4v) is 3.17. The highest BCUT2D eigenvalue weighted by Gasteiger charge is 2.20. The summed E-state index contributed by atoms with van der Waals surface area (Å²) < 4.78 is 5.69. The number of nitrogens with one attached hydrogen (secondary N) is 1. The zero-order chi connectivity index (χ0) is 12.4. The van der Waals surface area contributed by atoms with Crippen molar-refractivity contribution >= 4 is 0 Å². The number of aryl methyl sites for hydroxylation is 1. The number of hydrogen-bond acceptors (Lipinski definition) is 3. The van der Waals surface area contributed by atoms with E-state index in [-0.39, 0.29) is 0 Å². The van der Waals surface area contributed by atoms with Crippen molar-refractivity contribution in [2.75, 3.05) is 33.3 Å². The number of benzene rings is 1. The maximum Gasteiger partial charge on any atom is 0.126 e. The average Bonchev–Trinajstić information content (AvgIpc) is 2.88. The number of ether oxygens (including phenoxy) is 1. The van der Waals surface area contributed by atoms with Crippen molar-refractivity contribution in [1.29, 1.82) is 0 Å². The monoisotopic (exact) mass is 246 g/mol. The van der Waals surface area contributed by atoms with E-state index >= 15 is 0 Å². The maximum absolute atomic E-state index is 5.69. The van der Waals surface area contributed by atoms with Gasteiger partial charge in [-0.15, -0.1) is 0 Å². The summed E-state index contributed by atoms with van der Waals surface area (Å²) in [6.07, 6.45) is 3.69. The largest absolute Gasteiger partial charge is 0.496 e. The van der Waals surface area contributed by atoms with Gasteiger partial charge in [-0.3, -0.25) is 4.90 Å². The predicted molar refractivity (Wildman–Crippen MR) is 73.2 cm³/mol. The van der Waals surface area contributed by atoms with Gasteiger partial charge in [0.2, 0.25) is 0 Å². The zero-order valence-corrected chi connectivity index (χ0v) is 11.2. The summed E-state index contributed by atoms with van der Waals surface area (Å²) >= 11 is 0. The molecule has 1 aromatic rings. The molecule has 0 amide bonds. The number of fused-ring (bicyclic) bond motifs is 1. The lowest BCUT2D eigenvalue weighted by Crippen LogP contribution is -2.42. The molecule has 0 unspecified atom stereocenters. The van der Waals surface area contributed by atoms with Gasteiger partial charge < -0.3 is 10.1 Å². The number of piperazine rings is 1. The third-order valence-corrected chi connectivity index (χ3v) is 4.12. The van der Waals surface area contributed by atoms with Gasteiger partial charge in [-0.05, 0) is 30.4 Å². The van der Waals surface area contributed by atoms with E-state index in [0.29, 0.717) is 0 Å². The van der Waals surface area contributed by atoms with Crippen LogP contribution in [0.15, 0.2) is 12.1 Å². The van der Waals surface area contributed by atoms with Gasteiger partial charge in [0.25, 0.3) is 0 Å². The Labute approximate surface area is 109 Å². The van der Waals surface area contributed by atoms with Crippen LogP contribution in [0.3, 0.4) is 0 Å². The van der Waals surface area contributed by atoms with Gasteiger partial charge in [-0.1, -0.05) is 12.1 Å². The molecule has 3 rings (SSSR count). The molecule has 18 heavy (non-hydrogen) atoms. The second-order valence-electron chi connectivity index (χ2n) is 5.28. The van der Waals surface area contributed by atoms with E-state index in [1.54, 1.807) is 0 Å². The van der Waals surface area contributed by atoms with Crippen molar-refractivity contribution in [3.63, 3.8) is 0 Å². The molecule has 0 bridgehead atoms. The van der Waals surface area contributed by atoms with E-state index in [9.17, 15) is 0 Å². The lowest BCUT2D eigenvalue weighted by molar-refractivity contribution is 0.230. The number of nitrogens with zero attached hydrogens (tertiary/aromatic N) is 1. The Hall–Kier alpha value is -1.06. The molecule has 1 heterocycles. The van der Waals surface area contributed by atoms with Crippen LogP contribution in [0.1, 0.15) is 23.1 Å². The molecule has 0 saturated carbocycles. The normalized spacial score (nSPS) is 19.8. The second-order valence-corrected chi connectivity index (χ2v) is 5.28. The summed E-state index contributed by atoms with van der Waals surface area (Å²) in [7, 11) is 1.81. The van der Waals surface area contributed by atoms with Crippen molar-refractivity contribution in [3.8, 4) is 5.75 Å². The summed E-state index contributed by atoms with van der Waals surface area (Å²) in [5.74, 6) is 1.16. The first-order chi connectivity index (χ1) is 8.88. The van der Waals surface area contributed by atoms with Crippen LogP contribution in [-0.4, -0.2) is 38.2 Å². The topological polar surface area (TPSA) is 24.5 Å². The lowest BCUT2D eigenvalue weighted by Gasteiger charge is -2.28. The van der Waals surface area contributed by atoms with Gasteiger partial charge in [0.05, 0.1) is 7.11 Å². The molecule has 2 aliphatic rings. The highest BCUT2D eigenvalue weighted by molar-refractivity contribution is 5.48. The molecule has 0 radical (unpaired) electrons. The van der Waals surface area contributed by atoms with Crippen LogP contribution >= 0.6 is 0 Å². The standard InChI is InChI=1S/C15H22N2O/c1-18-15-13(11-17-9-7-16-8-10-17)6-5-12-3-2-4-14(12)15/h5-6,16H,2-4,7-11H2,1H3. The first kappa shape index (κ1) is 12.0. The second kappa shape index (κ2) is 5.29. The van der Waals surface area contributed by atoms with Crippen LogP contribution in [0.4, 0.5) is 0 Å². The summed E-state index contributed by atoms with van der Waals surface area (Å²) in [6, 6.07) is 4.58. The molecule has 1 aliphatic carbocycles. The molecular weight excluding hydrogens is 224 g/mol. The van der Waals surface area contributed by atoms with Gasteiger partial charge >= 0.3 is 0 Å². The van der Waals surface area contributed by atoms with E-state index in [4.69, 9.17) is 4.74 Å². The Bertz CT molecular complexity index is 425. The number of hydrogen-bond donors (Lipinski definition) is 1. The molecule has 1 aromatic carbocycles. The van der Waals surface area contributed by atoms with E-state index < -0.39 is 0 Å². The third-order valence-electron chi connectivity index (χ3n) is 4.12. The maximum atomic E-state index is 5.69. The zero-order valence-electron chi connectivity index (χ0n) is 11.2. The van der Waals surface area contributed by atoms with Gasteiger partial charge in [0.15, 0.2) is 0 Å². The smallest absolute Gasteiger partial charge is 0.126 e. The Kier molecular flexibility index (Phi) is 3.52. The summed E-state index contributed by atoms with van der Waals surface area (Å²) in [5.41, 5.74) is 4.32. The van der Waals surface area contributed by atoms with Crippen LogP contribution in [0.25, 0.3) is 0 Å². The first-order valence-electron chi connectivity index (χ1n) is 6.99. The Morgan fingerprint density at radius 3 is 2.83 bits per heavy atom. The lowest BCUT2D eigenvalue weighted by atomic mass is 10.0. The third kappa shape index (κ3) is 2.25. The van der Waals surface area contributed by atoms with Crippen LogP contribution in [0.2, 0.25) is 0 Å². The van der Waals surface area contributed by atoms with Crippen molar-refractivity contribution in [3.05, 3.63) is 28.8 Å². The van der Waals surface area contributed by atoms with Gasteiger partial charge in [-0.2, -0.15) is 0 Å². The SMILES string of the molecule is COc1c(CN2CCNCC2)ccc2c1CCC2. The van der Waals surface area contributed by atoms with Gasteiger partial charge in [0.1, 0.15) is 5.75 Å². The van der Waals surface area contributed by atoms with Crippen LogP contribution in [0.5, 0.6) is 5.75 Å². The summed E-state index contributed by atoms with van der Waals surface area (Å²) in [6.45, 7) is 5.51. The Balaban J connectivity index is 1.82. The fraction of sp³-hybridized carbons (Fsp3) is 0.600. The highest BCUT2D eigenvalue weighted by atomic mass is 16.5. The fourth-order valence-electron chi connectivity index (χ4n) is 3.17. The van der Waals surface area contributed by atoms with E-state index in [0.717, 1.165) is 38.5 Å². The number of methoxy groups -OCH3 is 1. The summed E-state index contributed by atoms with van der Waals surface area (Å²) in [4.78, 5) is 2.51. The molecule has 0 atom stereocenters. The first-order valence-corrected chi connectivity index (χ1v) is 6.99. The van der Waals surface area contributed by atoms with Gasteiger partial charge in [-0.25, -0.2) is 0 Å². The summed E-state index contributed by atoms with van der Waals surface area (Å²) in [5, 5.41) is 3.40. The quantitative estimate of drug-likeness (QED) is 0.876. The van der Waals surface area contributed by atoms with Crippen molar-refractivity contribution in [2.45, 2.75) is 25.8 Å². The molecule has 3 nitrogen and oxygen atoms in total. The van der Waals surface area contributed by atoms with Crippen LogP contribution < -0.4 is 10.1 Å². The minimum Gasteiger partial charge on any atom is -0.496 e.